The summed E-state index contributed by atoms with van der Waals surface area (Å²) >= 11 is 0. The van der Waals surface area contributed by atoms with Crippen molar-refractivity contribution in [2.45, 2.75) is 160 Å². The zero-order valence-electron chi connectivity index (χ0n) is 53.7. The van der Waals surface area contributed by atoms with Crippen molar-refractivity contribution in [3.8, 4) is 46.1 Å². The van der Waals surface area contributed by atoms with E-state index in [0.29, 0.717) is 49.2 Å². The molecule has 0 saturated heterocycles. The Labute approximate surface area is 527 Å². The van der Waals surface area contributed by atoms with Crippen molar-refractivity contribution in [2.75, 3.05) is 0 Å². The minimum atomic E-state index is -0.671. The summed E-state index contributed by atoms with van der Waals surface area (Å²) in [6.45, 7) is 30.5. The van der Waals surface area contributed by atoms with E-state index in [4.69, 9.17) is 0 Å². The largest absolute Gasteiger partial charge is 0.349 e. The van der Waals surface area contributed by atoms with Gasteiger partial charge in [-0.3, -0.25) is 39.1 Å². The molecular weight excluding hydrogens is 1170 g/mol. The summed E-state index contributed by atoms with van der Waals surface area (Å²) in [5.41, 5.74) is 11.7. The van der Waals surface area contributed by atoms with Crippen molar-refractivity contribution >= 4 is 44.1 Å². The van der Waals surface area contributed by atoms with Gasteiger partial charge >= 0.3 is 22.8 Å². The van der Waals surface area contributed by atoms with Gasteiger partial charge in [0.15, 0.2) is 46.1 Å². The first-order valence-corrected chi connectivity index (χ1v) is 30.9. The topological polar surface area (TPSA) is 323 Å². The predicted octanol–water partition coefficient (Wildman–Crippen LogP) is 9.12. The van der Waals surface area contributed by atoms with Crippen molar-refractivity contribution in [3.63, 3.8) is 0 Å². The highest BCUT2D eigenvalue weighted by atomic mass is 16.2. The molecule has 24 nitrogen and oxygen atoms in total. The van der Waals surface area contributed by atoms with E-state index < -0.39 is 45.0 Å². The first-order valence-electron chi connectivity index (χ1n) is 30.9. The molecule has 4 aromatic carbocycles. The Kier molecular flexibility index (Phi) is 20.4. The van der Waals surface area contributed by atoms with E-state index in [0.717, 1.165) is 141 Å². The van der Waals surface area contributed by atoms with E-state index in [1.54, 1.807) is 10.6 Å². The number of allylic oxidation sites excluding steroid dienone is 2. The number of nitrogens with zero attached hydrogens (tertiary/aromatic N) is 12. The third-order valence-corrected chi connectivity index (χ3v) is 16.5. The lowest BCUT2D eigenvalue weighted by molar-refractivity contribution is 0.587. The number of hydrogen-bond donors (Lipinski definition) is 4. The van der Waals surface area contributed by atoms with Crippen LogP contribution in [-0.2, 0) is 26.2 Å². The summed E-state index contributed by atoms with van der Waals surface area (Å²) in [6, 6.07) is 16.0. The summed E-state index contributed by atoms with van der Waals surface area (Å²) in [7, 11) is 0. The summed E-state index contributed by atoms with van der Waals surface area (Å²) in [5, 5.41) is 0. The van der Waals surface area contributed by atoms with Crippen molar-refractivity contribution in [3.05, 3.63) is 202 Å². The van der Waals surface area contributed by atoms with Crippen LogP contribution >= 0.6 is 0 Å². The van der Waals surface area contributed by atoms with Gasteiger partial charge in [0, 0.05) is 26.2 Å². The van der Waals surface area contributed by atoms with Gasteiger partial charge in [-0.2, -0.15) is 19.9 Å². The Morgan fingerprint density at radius 2 is 0.598 bits per heavy atom. The highest BCUT2D eigenvalue weighted by molar-refractivity contribution is 5.84. The number of benzene rings is 4. The molecule has 0 aliphatic carbocycles. The van der Waals surface area contributed by atoms with Gasteiger partial charge in [0.1, 0.15) is 0 Å². The lowest BCUT2D eigenvalue weighted by atomic mass is 10.1. The van der Waals surface area contributed by atoms with Gasteiger partial charge in [0.25, 0.3) is 22.2 Å². The number of rotatable bonds is 16. The number of hydrogen-bond acceptors (Lipinski definition) is 16. The third-order valence-electron chi connectivity index (χ3n) is 16.5. The molecule has 4 N–H and O–H groups in total. The molecule has 24 heteroatoms. The standard InChI is InChI=1S/C18H22N4O2.C18H20N4O2.C17H20N4O2.C15H14N4O2/c2*1-4-5-6-7-8-22-14-10-12(3)11(2)9-13(14)19-15-16(22)20-18(24)21-17(15)23;1-4-5-6-7-21-13-9-11(3)10(2)8-12(13)18-14-15(21)19-17(23)20-16(14)22;1-4-5-19-11-7-9(3)8(2)6-10(11)16-12-13(19)17-15(21)18-14(12)20/h9-10H,4-8H2,1-3H3,(H,21,23,24);4,9-10H,1,5-8H2,2-3H3,(H,21,23,24);8-9H,4-7H2,1-3H3,(H,20,22,23);4,6-7H,1,5H2,2-3H3,(H,18,20,21). The summed E-state index contributed by atoms with van der Waals surface area (Å²) in [5.74, 6) is 1.36. The van der Waals surface area contributed by atoms with Crippen LogP contribution in [0.15, 0.2) is 112 Å². The van der Waals surface area contributed by atoms with Gasteiger partial charge in [0.05, 0.1) is 44.1 Å². The van der Waals surface area contributed by atoms with Gasteiger partial charge in [-0.25, -0.2) is 39.1 Å². The molecule has 8 aliphatic heterocycles. The molecule has 0 unspecified atom stereocenters. The van der Waals surface area contributed by atoms with Crippen molar-refractivity contribution < 1.29 is 0 Å². The molecule has 0 amide bonds. The van der Waals surface area contributed by atoms with E-state index in [9.17, 15) is 38.4 Å². The molecule has 12 rings (SSSR count). The predicted molar refractivity (Wildman–Crippen MR) is 360 cm³/mol. The molecule has 8 heterocycles. The minimum absolute atomic E-state index is 0.159. The van der Waals surface area contributed by atoms with Crippen LogP contribution in [0.5, 0.6) is 0 Å². The summed E-state index contributed by atoms with van der Waals surface area (Å²) in [4.78, 5) is 137. The molecule has 0 bridgehead atoms. The van der Waals surface area contributed by atoms with E-state index in [1.165, 1.54) is 6.42 Å². The van der Waals surface area contributed by atoms with E-state index in [-0.39, 0.29) is 28.6 Å². The second kappa shape index (κ2) is 28.5. The molecular formula is C68H76N16O8. The van der Waals surface area contributed by atoms with Crippen LogP contribution in [0.1, 0.15) is 123 Å². The lowest BCUT2D eigenvalue weighted by Crippen LogP contribution is -2.29. The number of nitrogens with one attached hydrogen (secondary N) is 4. The number of fused-ring (bicyclic) bond motifs is 8. The van der Waals surface area contributed by atoms with Crippen LogP contribution in [-0.4, -0.2) is 78.1 Å². The summed E-state index contributed by atoms with van der Waals surface area (Å²) in [6.07, 6.45) is 13.9. The smallest absolute Gasteiger partial charge is 0.322 e. The van der Waals surface area contributed by atoms with Crippen LogP contribution in [0.2, 0.25) is 0 Å². The molecule has 0 atom stereocenters. The van der Waals surface area contributed by atoms with Crippen LogP contribution in [0, 0.1) is 55.4 Å². The number of H-pyrrole nitrogens is 4. The number of aromatic nitrogens is 16. The molecule has 476 valence electrons. The number of aromatic amines is 4. The van der Waals surface area contributed by atoms with Crippen LogP contribution in [0.4, 0.5) is 0 Å². The van der Waals surface area contributed by atoms with Crippen LogP contribution < -0.4 is 45.0 Å². The minimum Gasteiger partial charge on any atom is -0.322 e. The van der Waals surface area contributed by atoms with Crippen molar-refractivity contribution in [2.24, 2.45) is 0 Å². The average Bonchev–Trinajstić information content (AvgIpc) is 0.805. The number of unbranched alkanes of at least 4 members (excludes halogenated alkanes) is 7. The molecule has 8 aliphatic rings. The first-order chi connectivity index (χ1) is 44.0. The molecule has 0 saturated carbocycles. The van der Waals surface area contributed by atoms with Gasteiger partial charge in [0.2, 0.25) is 0 Å². The third kappa shape index (κ3) is 14.2. The first kappa shape index (κ1) is 65.9. The maximum atomic E-state index is 12.2. The maximum Gasteiger partial charge on any atom is 0.349 e. The molecule has 0 spiro atoms. The molecule has 92 heavy (non-hydrogen) atoms. The Balaban J connectivity index is 0.000000145. The Morgan fingerprint density at radius 3 is 0.891 bits per heavy atom. The second-order valence-electron chi connectivity index (χ2n) is 23.2. The van der Waals surface area contributed by atoms with E-state index >= 15 is 0 Å². The SMILES string of the molecule is C=CCCCCn1c2nc(=O)[nH]c(=O)c-2nc2cc(C)c(C)cc21.C=CCn1c2nc(=O)[nH]c(=O)c-2nc2cc(C)c(C)cc21.CCCCCCn1c2nc(=O)[nH]c(=O)c-2nc2cc(C)c(C)cc21.CCCCCn1c2nc(=O)[nH]c(=O)c-2nc2cc(C)c(C)cc21. The Hall–Kier alpha value is -10.5. The normalized spacial score (nSPS) is 11.3. The highest BCUT2D eigenvalue weighted by Gasteiger charge is 2.23. The second-order valence-corrected chi connectivity index (χ2v) is 23.2. The highest BCUT2D eigenvalue weighted by Crippen LogP contribution is 2.29. The van der Waals surface area contributed by atoms with Gasteiger partial charge in [-0.1, -0.05) is 58.1 Å². The van der Waals surface area contributed by atoms with E-state index in [1.807, 2.05) is 112 Å². The monoisotopic (exact) mass is 1240 g/mol. The zero-order valence-corrected chi connectivity index (χ0v) is 53.7. The molecule has 0 radical (unpaired) electrons. The molecule has 0 aromatic heterocycles. The fourth-order valence-electron chi connectivity index (χ4n) is 11.0. The van der Waals surface area contributed by atoms with Crippen molar-refractivity contribution in [1.82, 2.24) is 78.1 Å². The molecule has 4 aromatic rings. The van der Waals surface area contributed by atoms with Crippen molar-refractivity contribution in [1.29, 1.82) is 0 Å². The average molecular weight is 1250 g/mol. The zero-order chi connectivity index (χ0) is 66.2. The quantitative estimate of drug-likeness (QED) is 0.0398. The number of aryl methyl sites for hydroxylation is 11. The van der Waals surface area contributed by atoms with Crippen LogP contribution in [0.3, 0.4) is 0 Å². The van der Waals surface area contributed by atoms with Crippen LogP contribution in [0.25, 0.3) is 90.2 Å². The van der Waals surface area contributed by atoms with Gasteiger partial charge < -0.3 is 18.3 Å². The summed E-state index contributed by atoms with van der Waals surface area (Å²) < 4.78 is 7.64. The van der Waals surface area contributed by atoms with Gasteiger partial charge in [-0.15, -0.1) is 13.2 Å². The Morgan fingerprint density at radius 1 is 0.337 bits per heavy atom. The Bertz CT molecular complexity index is 5160. The van der Waals surface area contributed by atoms with Gasteiger partial charge in [-0.05, 0) is 181 Å². The maximum absolute atomic E-state index is 12.2. The van der Waals surface area contributed by atoms with E-state index in [2.05, 4.69) is 98.9 Å². The fraction of sp³-hybridized carbons (Fsp3) is 0.353. The fourth-order valence-corrected chi connectivity index (χ4v) is 11.0. The molecule has 0 fully saturated rings. The lowest BCUT2D eigenvalue weighted by Gasteiger charge is -2.17.